The zero-order valence-corrected chi connectivity index (χ0v) is 10.9. The smallest absolute Gasteiger partial charge is 0.292 e. The molecule has 0 aliphatic heterocycles. The predicted molar refractivity (Wildman–Crippen MR) is 77.6 cm³/mol. The number of amides is 1. The number of nitrogens with one attached hydrogen (secondary N) is 1. The number of hydrogen-bond acceptors (Lipinski definition) is 4. The number of nitrogens with two attached hydrogens (primary N) is 1. The maximum absolute atomic E-state index is 12.1. The lowest BCUT2D eigenvalue weighted by molar-refractivity contribution is 0.0998. The number of nitrogens with zero attached hydrogens (tertiary/aromatic N) is 1. The number of carbonyl (C=O) groups excluding carboxylic acids is 1. The first kappa shape index (κ1) is 12.2. The SMILES string of the molecule is Cc1cccc(NC(=O)c2cc3cc(N)ccc3o2)n1. The number of nitrogen functional groups attached to an aromatic ring is 1. The Labute approximate surface area is 115 Å². The molecule has 3 N–H and O–H groups in total. The largest absolute Gasteiger partial charge is 0.451 e. The summed E-state index contributed by atoms with van der Waals surface area (Å²) in [6.45, 7) is 1.86. The highest BCUT2D eigenvalue weighted by molar-refractivity contribution is 6.04. The third-order valence-corrected chi connectivity index (χ3v) is 2.89. The van der Waals surface area contributed by atoms with Gasteiger partial charge < -0.3 is 15.5 Å². The fraction of sp³-hybridized carbons (Fsp3) is 0.0667. The lowest BCUT2D eigenvalue weighted by atomic mass is 10.2. The molecule has 0 radical (unpaired) electrons. The molecule has 1 aromatic carbocycles. The number of carbonyl (C=O) groups is 1. The minimum absolute atomic E-state index is 0.230. The second-order valence-corrected chi connectivity index (χ2v) is 4.53. The van der Waals surface area contributed by atoms with Gasteiger partial charge in [0.25, 0.3) is 5.91 Å². The number of rotatable bonds is 2. The van der Waals surface area contributed by atoms with E-state index in [9.17, 15) is 4.79 Å². The highest BCUT2D eigenvalue weighted by Gasteiger charge is 2.13. The summed E-state index contributed by atoms with van der Waals surface area (Å²) < 4.78 is 5.49. The molecule has 0 saturated carbocycles. The van der Waals surface area contributed by atoms with E-state index in [0.717, 1.165) is 11.1 Å². The van der Waals surface area contributed by atoms with Crippen LogP contribution in [0.2, 0.25) is 0 Å². The molecule has 0 fully saturated rings. The normalized spacial score (nSPS) is 10.7. The van der Waals surface area contributed by atoms with Crippen molar-refractivity contribution in [1.29, 1.82) is 0 Å². The number of benzene rings is 1. The second kappa shape index (κ2) is 4.70. The van der Waals surface area contributed by atoms with E-state index in [1.807, 2.05) is 19.1 Å². The first-order valence-electron chi connectivity index (χ1n) is 6.16. The molecule has 3 rings (SSSR count). The van der Waals surface area contributed by atoms with Gasteiger partial charge in [0.15, 0.2) is 5.76 Å². The molecule has 0 bridgehead atoms. The molecule has 0 spiro atoms. The Kier molecular flexibility index (Phi) is 2.87. The zero-order chi connectivity index (χ0) is 14.1. The van der Waals surface area contributed by atoms with Crippen molar-refractivity contribution in [1.82, 2.24) is 4.98 Å². The van der Waals surface area contributed by atoms with Crippen LogP contribution in [0.15, 0.2) is 46.9 Å². The minimum atomic E-state index is -0.335. The Morgan fingerprint density at radius 2 is 2.10 bits per heavy atom. The van der Waals surface area contributed by atoms with Crippen LogP contribution in [0.1, 0.15) is 16.2 Å². The number of pyridine rings is 1. The molecule has 1 amide bonds. The lowest BCUT2D eigenvalue weighted by Crippen LogP contribution is -2.12. The molecular formula is C15H13N3O2. The van der Waals surface area contributed by atoms with E-state index >= 15 is 0 Å². The van der Waals surface area contributed by atoms with Gasteiger partial charge in [0.1, 0.15) is 11.4 Å². The molecule has 3 aromatic rings. The van der Waals surface area contributed by atoms with E-state index in [1.54, 1.807) is 30.3 Å². The maximum Gasteiger partial charge on any atom is 0.292 e. The summed E-state index contributed by atoms with van der Waals surface area (Å²) in [5, 5.41) is 3.50. The van der Waals surface area contributed by atoms with Gasteiger partial charge in [-0.2, -0.15) is 0 Å². The van der Waals surface area contributed by atoms with Crippen LogP contribution in [0.5, 0.6) is 0 Å². The summed E-state index contributed by atoms with van der Waals surface area (Å²) >= 11 is 0. The minimum Gasteiger partial charge on any atom is -0.451 e. The maximum atomic E-state index is 12.1. The highest BCUT2D eigenvalue weighted by Crippen LogP contribution is 2.22. The lowest BCUT2D eigenvalue weighted by Gasteiger charge is -2.02. The van der Waals surface area contributed by atoms with Gasteiger partial charge in [-0.25, -0.2) is 4.98 Å². The topological polar surface area (TPSA) is 81.2 Å². The fourth-order valence-corrected chi connectivity index (χ4v) is 1.96. The summed E-state index contributed by atoms with van der Waals surface area (Å²) in [7, 11) is 0. The van der Waals surface area contributed by atoms with Crippen molar-refractivity contribution < 1.29 is 9.21 Å². The van der Waals surface area contributed by atoms with Crippen molar-refractivity contribution in [2.24, 2.45) is 0 Å². The van der Waals surface area contributed by atoms with Crippen LogP contribution in [0, 0.1) is 6.92 Å². The zero-order valence-electron chi connectivity index (χ0n) is 10.9. The Balaban J connectivity index is 1.88. The average Bonchev–Trinajstić information content (AvgIpc) is 2.81. The molecule has 0 saturated heterocycles. The number of aromatic nitrogens is 1. The fourth-order valence-electron chi connectivity index (χ4n) is 1.96. The van der Waals surface area contributed by atoms with Crippen molar-refractivity contribution in [3.8, 4) is 0 Å². The first-order chi connectivity index (χ1) is 9.61. The summed E-state index contributed by atoms with van der Waals surface area (Å²) in [5.41, 5.74) is 7.79. The van der Waals surface area contributed by atoms with E-state index < -0.39 is 0 Å². The Bertz CT molecular complexity index is 793. The van der Waals surface area contributed by atoms with E-state index in [1.165, 1.54) is 0 Å². The van der Waals surface area contributed by atoms with Crippen LogP contribution >= 0.6 is 0 Å². The van der Waals surface area contributed by atoms with Crippen molar-refractivity contribution in [2.45, 2.75) is 6.92 Å². The Morgan fingerprint density at radius 3 is 2.90 bits per heavy atom. The highest BCUT2D eigenvalue weighted by atomic mass is 16.3. The molecule has 100 valence electrons. The molecule has 20 heavy (non-hydrogen) atoms. The van der Waals surface area contributed by atoms with Crippen LogP contribution in [0.4, 0.5) is 11.5 Å². The monoisotopic (exact) mass is 267 g/mol. The van der Waals surface area contributed by atoms with Gasteiger partial charge in [0, 0.05) is 16.8 Å². The number of anilines is 2. The van der Waals surface area contributed by atoms with Gasteiger partial charge in [-0.05, 0) is 43.3 Å². The Morgan fingerprint density at radius 1 is 1.25 bits per heavy atom. The third-order valence-electron chi connectivity index (χ3n) is 2.89. The number of furan rings is 1. The molecule has 0 aliphatic carbocycles. The standard InChI is InChI=1S/C15H13N3O2/c1-9-3-2-4-14(17-9)18-15(19)13-8-10-7-11(16)5-6-12(10)20-13/h2-8H,16H2,1H3,(H,17,18,19). The van der Waals surface area contributed by atoms with E-state index in [0.29, 0.717) is 17.1 Å². The van der Waals surface area contributed by atoms with Crippen molar-refractivity contribution in [3.63, 3.8) is 0 Å². The van der Waals surface area contributed by atoms with Crippen LogP contribution < -0.4 is 11.1 Å². The summed E-state index contributed by atoms with van der Waals surface area (Å²) in [4.78, 5) is 16.3. The van der Waals surface area contributed by atoms with Crippen molar-refractivity contribution in [3.05, 3.63) is 53.9 Å². The summed E-state index contributed by atoms with van der Waals surface area (Å²) in [6, 6.07) is 12.3. The van der Waals surface area contributed by atoms with Gasteiger partial charge in [-0.15, -0.1) is 0 Å². The molecular weight excluding hydrogens is 254 g/mol. The molecule has 0 unspecified atom stereocenters. The van der Waals surface area contributed by atoms with Crippen LogP contribution in [0.3, 0.4) is 0 Å². The molecule has 2 aromatic heterocycles. The van der Waals surface area contributed by atoms with Crippen LogP contribution in [-0.4, -0.2) is 10.9 Å². The number of aryl methyl sites for hydroxylation is 1. The van der Waals surface area contributed by atoms with Gasteiger partial charge in [0.2, 0.25) is 0 Å². The molecule has 2 heterocycles. The second-order valence-electron chi connectivity index (χ2n) is 4.53. The molecule has 0 aliphatic rings. The summed E-state index contributed by atoms with van der Waals surface area (Å²) in [5.74, 6) is 0.391. The predicted octanol–water partition coefficient (Wildman–Crippen LogP) is 2.97. The summed E-state index contributed by atoms with van der Waals surface area (Å²) in [6.07, 6.45) is 0. The van der Waals surface area contributed by atoms with Crippen LogP contribution in [-0.2, 0) is 0 Å². The van der Waals surface area contributed by atoms with Crippen molar-refractivity contribution in [2.75, 3.05) is 11.1 Å². The average molecular weight is 267 g/mol. The van der Waals surface area contributed by atoms with Gasteiger partial charge in [-0.1, -0.05) is 6.07 Å². The number of hydrogen-bond donors (Lipinski definition) is 2. The first-order valence-corrected chi connectivity index (χ1v) is 6.16. The Hall–Kier alpha value is -2.82. The third kappa shape index (κ3) is 2.33. The quantitative estimate of drug-likeness (QED) is 0.699. The van der Waals surface area contributed by atoms with Gasteiger partial charge in [-0.3, -0.25) is 4.79 Å². The molecule has 0 atom stereocenters. The van der Waals surface area contributed by atoms with Crippen LogP contribution in [0.25, 0.3) is 11.0 Å². The molecule has 5 nitrogen and oxygen atoms in total. The van der Waals surface area contributed by atoms with Gasteiger partial charge >= 0.3 is 0 Å². The number of fused-ring (bicyclic) bond motifs is 1. The van der Waals surface area contributed by atoms with Crippen molar-refractivity contribution >= 4 is 28.4 Å². The van der Waals surface area contributed by atoms with E-state index in [2.05, 4.69) is 10.3 Å². The van der Waals surface area contributed by atoms with Gasteiger partial charge in [0.05, 0.1) is 0 Å². The molecule has 5 heteroatoms. The van der Waals surface area contributed by atoms with E-state index in [-0.39, 0.29) is 11.7 Å². The van der Waals surface area contributed by atoms with E-state index in [4.69, 9.17) is 10.2 Å².